The minimum Gasteiger partial charge on any atom is -0.273 e. The minimum atomic E-state index is -0.247. The van der Waals surface area contributed by atoms with Crippen LogP contribution in [0.3, 0.4) is 0 Å². The molecule has 1 unspecified atom stereocenters. The SMILES string of the molecule is CC(=O)N(N=Cc1ccccc1)c1cc(Cl)c(C(C)c2ccc(Cl)cc2)c(Cl)c1. The van der Waals surface area contributed by atoms with E-state index in [4.69, 9.17) is 34.8 Å². The van der Waals surface area contributed by atoms with E-state index >= 15 is 0 Å². The van der Waals surface area contributed by atoms with Crippen molar-refractivity contribution >= 4 is 52.6 Å². The number of hydrogen-bond donors (Lipinski definition) is 0. The highest BCUT2D eigenvalue weighted by Gasteiger charge is 2.20. The van der Waals surface area contributed by atoms with Crippen molar-refractivity contribution in [1.82, 2.24) is 0 Å². The largest absolute Gasteiger partial charge is 0.273 e. The molecule has 0 N–H and O–H groups in total. The predicted octanol–water partition coefficient (Wildman–Crippen LogP) is 7.19. The van der Waals surface area contributed by atoms with E-state index in [0.29, 0.717) is 20.8 Å². The van der Waals surface area contributed by atoms with Crippen molar-refractivity contribution in [2.24, 2.45) is 5.10 Å². The molecular weight excluding hydrogens is 427 g/mol. The topological polar surface area (TPSA) is 32.7 Å². The highest BCUT2D eigenvalue weighted by atomic mass is 35.5. The van der Waals surface area contributed by atoms with E-state index in [1.165, 1.54) is 11.9 Å². The van der Waals surface area contributed by atoms with Crippen molar-refractivity contribution in [3.63, 3.8) is 0 Å². The lowest BCUT2D eigenvalue weighted by molar-refractivity contribution is -0.116. The van der Waals surface area contributed by atoms with Gasteiger partial charge in [0.15, 0.2) is 0 Å². The summed E-state index contributed by atoms with van der Waals surface area (Å²) >= 11 is 19.1. The fraction of sp³-hybridized carbons (Fsp3) is 0.130. The van der Waals surface area contributed by atoms with Crippen LogP contribution in [0.4, 0.5) is 5.69 Å². The monoisotopic (exact) mass is 444 g/mol. The van der Waals surface area contributed by atoms with Crippen LogP contribution in [0.25, 0.3) is 0 Å². The van der Waals surface area contributed by atoms with Crippen molar-refractivity contribution in [1.29, 1.82) is 0 Å². The Morgan fingerprint density at radius 2 is 1.55 bits per heavy atom. The number of nitrogens with zero attached hydrogens (tertiary/aromatic N) is 2. The lowest BCUT2D eigenvalue weighted by atomic mass is 9.93. The molecule has 0 radical (unpaired) electrons. The number of halogens is 3. The standard InChI is InChI=1S/C23H19Cl3N2O/c1-15(18-8-10-19(24)11-9-18)23-21(25)12-20(13-22(23)26)28(16(2)29)27-14-17-6-4-3-5-7-17/h3-15H,1-2H3. The number of carbonyl (C=O) groups is 1. The summed E-state index contributed by atoms with van der Waals surface area (Å²) in [6, 6.07) is 20.5. The Morgan fingerprint density at radius 1 is 0.966 bits per heavy atom. The molecule has 3 rings (SSSR count). The van der Waals surface area contributed by atoms with Gasteiger partial charge in [-0.25, -0.2) is 5.01 Å². The van der Waals surface area contributed by atoms with Crippen LogP contribution in [0.15, 0.2) is 71.8 Å². The Hall–Kier alpha value is -2.33. The van der Waals surface area contributed by atoms with Crippen LogP contribution >= 0.6 is 34.8 Å². The smallest absolute Gasteiger partial charge is 0.244 e. The first-order valence-corrected chi connectivity index (χ1v) is 10.1. The van der Waals surface area contributed by atoms with Crippen LogP contribution in [0.2, 0.25) is 15.1 Å². The van der Waals surface area contributed by atoms with Crippen molar-refractivity contribution < 1.29 is 4.79 Å². The zero-order valence-corrected chi connectivity index (χ0v) is 18.2. The Balaban J connectivity index is 1.95. The van der Waals surface area contributed by atoms with Crippen LogP contribution in [-0.2, 0) is 4.79 Å². The van der Waals surface area contributed by atoms with Crippen LogP contribution in [0.5, 0.6) is 0 Å². The third-order valence-corrected chi connectivity index (χ3v) is 5.41. The van der Waals surface area contributed by atoms with Crippen molar-refractivity contribution in [2.75, 3.05) is 5.01 Å². The zero-order valence-electron chi connectivity index (χ0n) is 15.9. The lowest BCUT2D eigenvalue weighted by Crippen LogP contribution is -2.22. The maximum absolute atomic E-state index is 12.2. The quantitative estimate of drug-likeness (QED) is 0.302. The number of benzene rings is 3. The van der Waals surface area contributed by atoms with E-state index < -0.39 is 0 Å². The molecule has 1 amide bonds. The summed E-state index contributed by atoms with van der Waals surface area (Å²) in [7, 11) is 0. The Labute approximate surface area is 185 Å². The van der Waals surface area contributed by atoms with E-state index in [1.54, 1.807) is 18.3 Å². The Morgan fingerprint density at radius 3 is 2.10 bits per heavy atom. The average Bonchev–Trinajstić information content (AvgIpc) is 2.68. The molecule has 29 heavy (non-hydrogen) atoms. The van der Waals surface area contributed by atoms with Crippen LogP contribution in [0, 0.1) is 0 Å². The van der Waals surface area contributed by atoms with E-state index in [-0.39, 0.29) is 11.8 Å². The third-order valence-electron chi connectivity index (χ3n) is 4.53. The number of hydrogen-bond acceptors (Lipinski definition) is 2. The summed E-state index contributed by atoms with van der Waals surface area (Å²) in [6.45, 7) is 3.46. The van der Waals surface area contributed by atoms with Crippen molar-refractivity contribution in [2.45, 2.75) is 19.8 Å². The van der Waals surface area contributed by atoms with Gasteiger partial charge < -0.3 is 0 Å². The third kappa shape index (κ3) is 5.18. The normalized spacial score (nSPS) is 12.2. The van der Waals surface area contributed by atoms with Gasteiger partial charge in [0, 0.05) is 27.9 Å². The molecule has 0 fully saturated rings. The second kappa shape index (κ2) is 9.45. The highest BCUT2D eigenvalue weighted by molar-refractivity contribution is 6.36. The molecule has 0 bridgehead atoms. The van der Waals surface area contributed by atoms with Crippen LogP contribution in [-0.4, -0.2) is 12.1 Å². The first-order chi connectivity index (χ1) is 13.9. The lowest BCUT2D eigenvalue weighted by Gasteiger charge is -2.20. The fourth-order valence-corrected chi connectivity index (χ4v) is 3.95. The molecule has 3 aromatic carbocycles. The molecular formula is C23H19Cl3N2O. The molecule has 0 aliphatic rings. The van der Waals surface area contributed by atoms with Gasteiger partial charge in [0.2, 0.25) is 5.91 Å². The molecule has 6 heteroatoms. The number of amides is 1. The molecule has 0 saturated carbocycles. The average molecular weight is 446 g/mol. The van der Waals surface area contributed by atoms with Gasteiger partial charge in [0.05, 0.1) is 11.9 Å². The number of anilines is 1. The summed E-state index contributed by atoms with van der Waals surface area (Å²) in [6.07, 6.45) is 1.62. The van der Waals surface area contributed by atoms with Gasteiger partial charge in [-0.2, -0.15) is 5.10 Å². The first kappa shape index (κ1) is 21.4. The van der Waals surface area contributed by atoms with Gasteiger partial charge in [-0.3, -0.25) is 4.79 Å². The van der Waals surface area contributed by atoms with E-state index in [2.05, 4.69) is 5.10 Å². The fourth-order valence-electron chi connectivity index (χ4n) is 3.02. The number of carbonyl (C=O) groups excluding carboxylic acids is 1. The molecule has 0 aromatic heterocycles. The molecule has 3 aromatic rings. The Bertz CT molecular complexity index is 1010. The summed E-state index contributed by atoms with van der Waals surface area (Å²) in [5, 5.41) is 7.20. The van der Waals surface area contributed by atoms with Crippen molar-refractivity contribution in [3.05, 3.63) is 98.5 Å². The molecule has 0 heterocycles. The number of rotatable bonds is 5. The predicted molar refractivity (Wildman–Crippen MR) is 123 cm³/mol. The second-order valence-corrected chi connectivity index (χ2v) is 7.83. The van der Waals surface area contributed by atoms with Gasteiger partial charge in [0.25, 0.3) is 0 Å². The Kier molecular flexibility index (Phi) is 6.96. The number of hydrazone groups is 1. The van der Waals surface area contributed by atoms with E-state index in [1.807, 2.05) is 61.5 Å². The van der Waals surface area contributed by atoms with Gasteiger partial charge >= 0.3 is 0 Å². The molecule has 0 saturated heterocycles. The van der Waals surface area contributed by atoms with Gasteiger partial charge in [0.1, 0.15) is 0 Å². The van der Waals surface area contributed by atoms with Crippen LogP contribution < -0.4 is 5.01 Å². The van der Waals surface area contributed by atoms with Crippen molar-refractivity contribution in [3.8, 4) is 0 Å². The summed E-state index contributed by atoms with van der Waals surface area (Å²) in [5.41, 5.74) is 3.21. The molecule has 148 valence electrons. The van der Waals surface area contributed by atoms with E-state index in [9.17, 15) is 4.79 Å². The summed E-state index contributed by atoms with van der Waals surface area (Å²) < 4.78 is 0. The maximum atomic E-state index is 12.2. The molecule has 1 atom stereocenters. The molecule has 3 nitrogen and oxygen atoms in total. The molecule has 0 aliphatic carbocycles. The molecule has 0 aliphatic heterocycles. The summed E-state index contributed by atoms with van der Waals surface area (Å²) in [4.78, 5) is 12.2. The highest BCUT2D eigenvalue weighted by Crippen LogP contribution is 2.39. The zero-order chi connectivity index (χ0) is 21.0. The summed E-state index contributed by atoms with van der Waals surface area (Å²) in [5.74, 6) is -0.289. The second-order valence-electron chi connectivity index (χ2n) is 6.58. The maximum Gasteiger partial charge on any atom is 0.244 e. The first-order valence-electron chi connectivity index (χ1n) is 9.01. The van der Waals surface area contributed by atoms with E-state index in [0.717, 1.165) is 16.7 Å². The molecule has 0 spiro atoms. The van der Waals surface area contributed by atoms with Gasteiger partial charge in [-0.1, -0.05) is 84.2 Å². The minimum absolute atomic E-state index is 0.0417. The van der Waals surface area contributed by atoms with Gasteiger partial charge in [-0.05, 0) is 41.0 Å². The van der Waals surface area contributed by atoms with Crippen LogP contribution in [0.1, 0.15) is 36.5 Å². The van der Waals surface area contributed by atoms with Gasteiger partial charge in [-0.15, -0.1) is 0 Å².